The van der Waals surface area contributed by atoms with Crippen molar-refractivity contribution in [2.75, 3.05) is 11.1 Å². The molecule has 0 aliphatic heterocycles. The average Bonchev–Trinajstić information content (AvgIpc) is 2.31. The number of nitrogens with zero attached hydrogens (tertiary/aromatic N) is 4. The molecule has 0 amide bonds. The van der Waals surface area contributed by atoms with Crippen molar-refractivity contribution in [2.45, 2.75) is 0 Å². The Kier molecular flexibility index (Phi) is 2.61. The van der Waals surface area contributed by atoms with Crippen LogP contribution in [0.5, 0.6) is 0 Å². The topological polar surface area (TPSA) is 101 Å². The molecule has 0 spiro atoms. The van der Waals surface area contributed by atoms with E-state index in [0.29, 0.717) is 11.8 Å². The van der Waals surface area contributed by atoms with Crippen LogP contribution in [0.2, 0.25) is 0 Å². The molecule has 0 aliphatic carbocycles. The Bertz CT molecular complexity index is 531. The highest BCUT2D eigenvalue weighted by Crippen LogP contribution is 2.12. The zero-order chi connectivity index (χ0) is 11.4. The second kappa shape index (κ2) is 4.23. The summed E-state index contributed by atoms with van der Waals surface area (Å²) >= 11 is 0. The molecule has 0 bridgehead atoms. The fraction of sp³-hybridized carbons (Fsp3) is 0. The van der Waals surface area contributed by atoms with Gasteiger partial charge in [0.15, 0.2) is 0 Å². The van der Waals surface area contributed by atoms with E-state index in [-0.39, 0.29) is 11.4 Å². The van der Waals surface area contributed by atoms with Crippen molar-refractivity contribution in [2.24, 2.45) is 0 Å². The van der Waals surface area contributed by atoms with Gasteiger partial charge in [-0.1, -0.05) is 6.07 Å². The smallest absolute Gasteiger partial charge is 0.230 e. The SMILES string of the molecule is N#Cc1cnc(Nc2ccccn2)nc1N. The molecule has 0 aromatic carbocycles. The van der Waals surface area contributed by atoms with Crippen LogP contribution < -0.4 is 11.1 Å². The van der Waals surface area contributed by atoms with E-state index < -0.39 is 0 Å². The van der Waals surface area contributed by atoms with Crippen molar-refractivity contribution in [1.29, 1.82) is 5.26 Å². The highest BCUT2D eigenvalue weighted by atomic mass is 15.1. The van der Waals surface area contributed by atoms with Crippen molar-refractivity contribution < 1.29 is 0 Å². The minimum Gasteiger partial charge on any atom is -0.382 e. The maximum Gasteiger partial charge on any atom is 0.230 e. The second-order valence-corrected chi connectivity index (χ2v) is 2.94. The van der Waals surface area contributed by atoms with Crippen LogP contribution in [0, 0.1) is 11.3 Å². The molecule has 0 radical (unpaired) electrons. The highest BCUT2D eigenvalue weighted by molar-refractivity contribution is 5.53. The molecule has 0 fully saturated rings. The number of aromatic nitrogens is 3. The zero-order valence-corrected chi connectivity index (χ0v) is 8.25. The number of nitriles is 1. The van der Waals surface area contributed by atoms with Gasteiger partial charge in [0.25, 0.3) is 0 Å². The van der Waals surface area contributed by atoms with Gasteiger partial charge in [0.2, 0.25) is 5.95 Å². The van der Waals surface area contributed by atoms with E-state index in [4.69, 9.17) is 11.0 Å². The standard InChI is InChI=1S/C10H8N6/c11-5-7-6-14-10(16-9(7)12)15-8-3-1-2-4-13-8/h1-4,6H,(H3,12,13,14,15,16). The summed E-state index contributed by atoms with van der Waals surface area (Å²) in [5.74, 6) is 1.08. The molecule has 2 aromatic heterocycles. The normalized spacial score (nSPS) is 9.44. The minimum atomic E-state index is 0.149. The number of pyridine rings is 1. The first kappa shape index (κ1) is 9.86. The second-order valence-electron chi connectivity index (χ2n) is 2.94. The summed E-state index contributed by atoms with van der Waals surface area (Å²) in [6.45, 7) is 0. The molecule has 0 saturated carbocycles. The Morgan fingerprint density at radius 3 is 2.81 bits per heavy atom. The summed E-state index contributed by atoms with van der Waals surface area (Å²) in [4.78, 5) is 11.9. The van der Waals surface area contributed by atoms with E-state index in [9.17, 15) is 0 Å². The van der Waals surface area contributed by atoms with E-state index in [0.717, 1.165) is 0 Å². The predicted octanol–water partition coefficient (Wildman–Crippen LogP) is 1.07. The van der Waals surface area contributed by atoms with E-state index in [1.54, 1.807) is 18.3 Å². The average molecular weight is 212 g/mol. The van der Waals surface area contributed by atoms with Gasteiger partial charge in [-0.05, 0) is 12.1 Å². The molecule has 16 heavy (non-hydrogen) atoms. The molecule has 3 N–H and O–H groups in total. The van der Waals surface area contributed by atoms with Crippen LogP contribution in [0.1, 0.15) is 5.56 Å². The Hall–Kier alpha value is -2.68. The molecule has 6 nitrogen and oxygen atoms in total. The molecule has 0 aliphatic rings. The monoisotopic (exact) mass is 212 g/mol. The number of anilines is 3. The van der Waals surface area contributed by atoms with Crippen LogP contribution >= 0.6 is 0 Å². The van der Waals surface area contributed by atoms with Gasteiger partial charge in [-0.15, -0.1) is 0 Å². The number of nitrogens with one attached hydrogen (secondary N) is 1. The van der Waals surface area contributed by atoms with Gasteiger partial charge >= 0.3 is 0 Å². The molecule has 2 rings (SSSR count). The fourth-order valence-electron chi connectivity index (χ4n) is 1.09. The summed E-state index contributed by atoms with van der Waals surface area (Å²) in [5.41, 5.74) is 5.81. The zero-order valence-electron chi connectivity index (χ0n) is 8.25. The van der Waals surface area contributed by atoms with Crippen molar-refractivity contribution in [1.82, 2.24) is 15.0 Å². The lowest BCUT2D eigenvalue weighted by Gasteiger charge is -2.03. The molecule has 2 heterocycles. The molecule has 0 unspecified atom stereocenters. The Morgan fingerprint density at radius 1 is 1.31 bits per heavy atom. The van der Waals surface area contributed by atoms with Gasteiger partial charge in [-0.25, -0.2) is 9.97 Å². The van der Waals surface area contributed by atoms with Gasteiger partial charge < -0.3 is 11.1 Å². The van der Waals surface area contributed by atoms with Crippen molar-refractivity contribution >= 4 is 17.6 Å². The Balaban J connectivity index is 2.24. The lowest BCUT2D eigenvalue weighted by Crippen LogP contribution is -2.02. The number of nitrogen functional groups attached to an aromatic ring is 1. The fourth-order valence-corrected chi connectivity index (χ4v) is 1.09. The van der Waals surface area contributed by atoms with Crippen molar-refractivity contribution in [3.63, 3.8) is 0 Å². The summed E-state index contributed by atoms with van der Waals surface area (Å²) in [6.07, 6.45) is 3.02. The molecule has 6 heteroatoms. The third kappa shape index (κ3) is 2.04. The third-order valence-electron chi connectivity index (χ3n) is 1.84. The van der Waals surface area contributed by atoms with Crippen LogP contribution in [-0.4, -0.2) is 15.0 Å². The van der Waals surface area contributed by atoms with E-state index in [2.05, 4.69) is 20.3 Å². The van der Waals surface area contributed by atoms with Gasteiger partial charge in [-0.2, -0.15) is 10.2 Å². The van der Waals surface area contributed by atoms with Gasteiger partial charge in [0.1, 0.15) is 23.3 Å². The lowest BCUT2D eigenvalue weighted by atomic mass is 10.3. The first-order chi connectivity index (χ1) is 7.79. The molecule has 78 valence electrons. The molecule has 0 saturated heterocycles. The van der Waals surface area contributed by atoms with Crippen molar-refractivity contribution in [3.05, 3.63) is 36.2 Å². The Labute approximate surface area is 91.8 Å². The van der Waals surface area contributed by atoms with Crippen LogP contribution in [-0.2, 0) is 0 Å². The van der Waals surface area contributed by atoms with Crippen LogP contribution in [0.4, 0.5) is 17.6 Å². The predicted molar refractivity (Wildman–Crippen MR) is 58.7 cm³/mol. The molecular weight excluding hydrogens is 204 g/mol. The summed E-state index contributed by atoms with van der Waals surface area (Å²) < 4.78 is 0. The van der Waals surface area contributed by atoms with Gasteiger partial charge in [0, 0.05) is 6.20 Å². The quantitative estimate of drug-likeness (QED) is 0.772. The van der Waals surface area contributed by atoms with Crippen molar-refractivity contribution in [3.8, 4) is 6.07 Å². The van der Waals surface area contributed by atoms with Crippen LogP contribution in [0.3, 0.4) is 0 Å². The Morgan fingerprint density at radius 2 is 2.19 bits per heavy atom. The highest BCUT2D eigenvalue weighted by Gasteiger charge is 2.03. The maximum atomic E-state index is 8.66. The summed E-state index contributed by atoms with van der Waals surface area (Å²) in [5, 5.41) is 11.5. The van der Waals surface area contributed by atoms with Crippen LogP contribution in [0.15, 0.2) is 30.6 Å². The number of hydrogen-bond donors (Lipinski definition) is 2. The molecular formula is C10H8N6. The first-order valence-electron chi connectivity index (χ1n) is 4.50. The maximum absolute atomic E-state index is 8.66. The largest absolute Gasteiger partial charge is 0.382 e. The van der Waals surface area contributed by atoms with E-state index in [1.807, 2.05) is 12.1 Å². The van der Waals surface area contributed by atoms with Gasteiger partial charge in [-0.3, -0.25) is 0 Å². The summed E-state index contributed by atoms with van der Waals surface area (Å²) in [6, 6.07) is 7.31. The van der Waals surface area contributed by atoms with E-state index in [1.165, 1.54) is 6.20 Å². The van der Waals surface area contributed by atoms with Gasteiger partial charge in [0.05, 0.1) is 6.20 Å². The molecule has 0 atom stereocenters. The lowest BCUT2D eigenvalue weighted by molar-refractivity contribution is 1.14. The molecule has 2 aromatic rings. The summed E-state index contributed by atoms with van der Waals surface area (Å²) in [7, 11) is 0. The number of nitrogens with two attached hydrogens (primary N) is 1. The van der Waals surface area contributed by atoms with E-state index >= 15 is 0 Å². The first-order valence-corrected chi connectivity index (χ1v) is 4.50. The minimum absolute atomic E-state index is 0.149. The third-order valence-corrected chi connectivity index (χ3v) is 1.84. The van der Waals surface area contributed by atoms with Crippen LogP contribution in [0.25, 0.3) is 0 Å². The number of rotatable bonds is 2. The number of hydrogen-bond acceptors (Lipinski definition) is 6.